The Hall–Kier alpha value is -1.30. The number of para-hydroxylation sites is 2. The highest BCUT2D eigenvalue weighted by Crippen LogP contribution is 2.26. The Labute approximate surface area is 151 Å². The lowest BCUT2D eigenvalue weighted by Crippen LogP contribution is -2.41. The van der Waals surface area contributed by atoms with Crippen LogP contribution in [0.2, 0.25) is 0 Å². The minimum absolute atomic E-state index is 0. The molecule has 1 aromatic rings. The van der Waals surface area contributed by atoms with Gasteiger partial charge in [0.15, 0.2) is 0 Å². The van der Waals surface area contributed by atoms with Crippen molar-refractivity contribution >= 4 is 24.0 Å². The summed E-state index contributed by atoms with van der Waals surface area (Å²) in [6.07, 6.45) is 2.22. The van der Waals surface area contributed by atoms with Gasteiger partial charge in [0.25, 0.3) is 0 Å². The summed E-state index contributed by atoms with van der Waals surface area (Å²) in [6, 6.07) is 7.51. The molecule has 1 saturated heterocycles. The molecular formula is C18H30ClN3O2. The first-order valence-corrected chi connectivity index (χ1v) is 8.42. The Balaban J connectivity index is 0.00000288. The molecule has 2 N–H and O–H groups in total. The zero-order valence-corrected chi connectivity index (χ0v) is 15.7. The van der Waals surface area contributed by atoms with Gasteiger partial charge >= 0.3 is 0 Å². The zero-order valence-electron chi connectivity index (χ0n) is 14.9. The van der Waals surface area contributed by atoms with Gasteiger partial charge in [0, 0.05) is 13.1 Å². The van der Waals surface area contributed by atoms with Crippen molar-refractivity contribution in [2.75, 3.05) is 45.2 Å². The number of anilines is 1. The summed E-state index contributed by atoms with van der Waals surface area (Å²) in [5.41, 5.74) is 0.991. The van der Waals surface area contributed by atoms with Crippen LogP contribution in [0.4, 0.5) is 5.69 Å². The van der Waals surface area contributed by atoms with E-state index in [2.05, 4.69) is 29.4 Å². The fourth-order valence-corrected chi connectivity index (χ4v) is 3.21. The van der Waals surface area contributed by atoms with Crippen LogP contribution in [-0.4, -0.2) is 50.6 Å². The van der Waals surface area contributed by atoms with Crippen LogP contribution in [0.5, 0.6) is 5.75 Å². The average molecular weight is 356 g/mol. The molecule has 0 saturated carbocycles. The molecule has 0 aromatic heterocycles. The summed E-state index contributed by atoms with van der Waals surface area (Å²) in [5.74, 6) is 0.701. The summed E-state index contributed by atoms with van der Waals surface area (Å²) in [6.45, 7) is 8.86. The molecule has 1 atom stereocenters. The molecule has 1 heterocycles. The second-order valence-corrected chi connectivity index (χ2v) is 6.70. The van der Waals surface area contributed by atoms with Crippen LogP contribution < -0.4 is 15.4 Å². The fourth-order valence-electron chi connectivity index (χ4n) is 3.21. The number of nitrogens with zero attached hydrogens (tertiary/aromatic N) is 1. The van der Waals surface area contributed by atoms with Gasteiger partial charge in [-0.15, -0.1) is 12.4 Å². The predicted molar refractivity (Wildman–Crippen MR) is 101 cm³/mol. The number of hydrogen-bond donors (Lipinski definition) is 2. The van der Waals surface area contributed by atoms with E-state index in [4.69, 9.17) is 4.74 Å². The van der Waals surface area contributed by atoms with Gasteiger partial charge in [-0.3, -0.25) is 9.69 Å². The molecule has 5 nitrogen and oxygen atoms in total. The molecule has 1 aliphatic heterocycles. The van der Waals surface area contributed by atoms with Gasteiger partial charge in [-0.2, -0.15) is 0 Å². The van der Waals surface area contributed by atoms with E-state index in [1.165, 1.54) is 6.42 Å². The highest BCUT2D eigenvalue weighted by molar-refractivity contribution is 5.93. The first kappa shape index (κ1) is 20.7. The SMILES string of the molecule is CCCN(CC(=O)Nc1ccccc1OC)CC1(C)CCNC1.Cl. The smallest absolute Gasteiger partial charge is 0.238 e. The summed E-state index contributed by atoms with van der Waals surface area (Å²) >= 11 is 0. The van der Waals surface area contributed by atoms with Crippen LogP contribution in [0.3, 0.4) is 0 Å². The van der Waals surface area contributed by atoms with Crippen molar-refractivity contribution in [2.45, 2.75) is 26.7 Å². The number of benzene rings is 1. The van der Waals surface area contributed by atoms with Crippen LogP contribution in [-0.2, 0) is 4.79 Å². The number of rotatable bonds is 8. The number of hydrogen-bond acceptors (Lipinski definition) is 4. The molecule has 0 radical (unpaired) electrons. The quantitative estimate of drug-likeness (QED) is 0.753. The molecule has 0 bridgehead atoms. The lowest BCUT2D eigenvalue weighted by atomic mass is 9.89. The lowest BCUT2D eigenvalue weighted by Gasteiger charge is -2.31. The summed E-state index contributed by atoms with van der Waals surface area (Å²) < 4.78 is 5.29. The summed E-state index contributed by atoms with van der Waals surface area (Å²) in [4.78, 5) is 14.7. The van der Waals surface area contributed by atoms with Crippen LogP contribution in [0.25, 0.3) is 0 Å². The van der Waals surface area contributed by atoms with E-state index >= 15 is 0 Å². The number of nitrogens with one attached hydrogen (secondary N) is 2. The van der Waals surface area contributed by atoms with E-state index in [0.717, 1.165) is 38.3 Å². The van der Waals surface area contributed by atoms with Crippen molar-refractivity contribution < 1.29 is 9.53 Å². The zero-order chi connectivity index (χ0) is 16.7. The van der Waals surface area contributed by atoms with Crippen LogP contribution in [0.15, 0.2) is 24.3 Å². The van der Waals surface area contributed by atoms with E-state index < -0.39 is 0 Å². The Bertz CT molecular complexity index is 519. The van der Waals surface area contributed by atoms with Crippen LogP contribution in [0.1, 0.15) is 26.7 Å². The predicted octanol–water partition coefficient (Wildman–Crippen LogP) is 2.77. The van der Waals surface area contributed by atoms with Gasteiger partial charge in [-0.25, -0.2) is 0 Å². The number of amides is 1. The van der Waals surface area contributed by atoms with Gasteiger partial charge in [0.1, 0.15) is 5.75 Å². The molecule has 2 rings (SSSR count). The molecule has 1 fully saturated rings. The van der Waals surface area contributed by atoms with Crippen molar-refractivity contribution in [3.8, 4) is 5.75 Å². The topological polar surface area (TPSA) is 53.6 Å². The minimum atomic E-state index is 0. The van der Waals surface area contributed by atoms with Gasteiger partial charge < -0.3 is 15.4 Å². The van der Waals surface area contributed by atoms with Crippen molar-refractivity contribution in [1.29, 1.82) is 0 Å². The van der Waals surface area contributed by atoms with E-state index in [9.17, 15) is 4.79 Å². The highest BCUT2D eigenvalue weighted by Gasteiger charge is 2.31. The van der Waals surface area contributed by atoms with Crippen molar-refractivity contribution in [1.82, 2.24) is 10.2 Å². The van der Waals surface area contributed by atoms with Crippen molar-refractivity contribution in [3.63, 3.8) is 0 Å². The number of ether oxygens (including phenoxy) is 1. The number of halogens is 1. The maximum Gasteiger partial charge on any atom is 0.238 e. The van der Waals surface area contributed by atoms with Crippen molar-refractivity contribution in [2.24, 2.45) is 5.41 Å². The number of methoxy groups -OCH3 is 1. The molecule has 1 aromatic carbocycles. The van der Waals surface area contributed by atoms with Gasteiger partial charge in [0.2, 0.25) is 5.91 Å². The molecule has 0 spiro atoms. The molecule has 1 amide bonds. The molecule has 24 heavy (non-hydrogen) atoms. The second-order valence-electron chi connectivity index (χ2n) is 6.70. The Morgan fingerprint density at radius 1 is 1.42 bits per heavy atom. The Morgan fingerprint density at radius 3 is 2.79 bits per heavy atom. The first-order chi connectivity index (χ1) is 11.1. The first-order valence-electron chi connectivity index (χ1n) is 8.42. The fraction of sp³-hybridized carbons (Fsp3) is 0.611. The molecular weight excluding hydrogens is 326 g/mol. The third kappa shape index (κ3) is 5.96. The summed E-state index contributed by atoms with van der Waals surface area (Å²) in [5, 5.41) is 6.39. The van der Waals surface area contributed by atoms with Crippen LogP contribution >= 0.6 is 12.4 Å². The van der Waals surface area contributed by atoms with E-state index in [1.807, 2.05) is 24.3 Å². The third-order valence-corrected chi connectivity index (χ3v) is 4.35. The van der Waals surface area contributed by atoms with Crippen molar-refractivity contribution in [3.05, 3.63) is 24.3 Å². The second kappa shape index (κ2) is 9.87. The lowest BCUT2D eigenvalue weighted by molar-refractivity contribution is -0.117. The summed E-state index contributed by atoms with van der Waals surface area (Å²) in [7, 11) is 1.61. The molecule has 1 aliphatic rings. The third-order valence-electron chi connectivity index (χ3n) is 4.35. The average Bonchev–Trinajstić information content (AvgIpc) is 2.94. The maximum atomic E-state index is 12.4. The van der Waals surface area contributed by atoms with Crippen LogP contribution in [0, 0.1) is 5.41 Å². The largest absolute Gasteiger partial charge is 0.495 e. The highest BCUT2D eigenvalue weighted by atomic mass is 35.5. The monoisotopic (exact) mass is 355 g/mol. The minimum Gasteiger partial charge on any atom is -0.495 e. The van der Waals surface area contributed by atoms with Gasteiger partial charge in [-0.05, 0) is 43.5 Å². The molecule has 6 heteroatoms. The number of carbonyl (C=O) groups excluding carboxylic acids is 1. The van der Waals surface area contributed by atoms with Gasteiger partial charge in [-0.1, -0.05) is 26.0 Å². The Morgan fingerprint density at radius 2 is 2.17 bits per heavy atom. The van der Waals surface area contributed by atoms with Gasteiger partial charge in [0.05, 0.1) is 19.3 Å². The Kier molecular flexibility index (Phi) is 8.53. The maximum absolute atomic E-state index is 12.4. The number of carbonyl (C=O) groups is 1. The standard InChI is InChI=1S/C18H29N3O2.ClH/c1-4-11-21(14-18(2)9-10-19-13-18)12-17(22)20-15-7-5-6-8-16(15)23-3;/h5-8,19H,4,9-14H2,1-3H3,(H,20,22);1H. The van der Waals surface area contributed by atoms with E-state index in [0.29, 0.717) is 12.3 Å². The molecule has 136 valence electrons. The molecule has 0 aliphatic carbocycles. The van der Waals surface area contributed by atoms with E-state index in [1.54, 1.807) is 7.11 Å². The van der Waals surface area contributed by atoms with E-state index in [-0.39, 0.29) is 23.7 Å². The normalized spacial score (nSPS) is 19.8. The molecule has 1 unspecified atom stereocenters.